The third kappa shape index (κ3) is 2.62. The molecule has 0 saturated carbocycles. The number of carboxylic acid groups (broad SMARTS) is 1. The van der Waals surface area contributed by atoms with Crippen LogP contribution < -0.4 is 11.1 Å². The van der Waals surface area contributed by atoms with Crippen LogP contribution in [0.4, 0.5) is 11.5 Å². The second-order valence-electron chi connectivity index (χ2n) is 2.68. The Kier molecular flexibility index (Phi) is 2.69. The number of anilines is 2. The number of nitrogens with one attached hydrogen (secondary N) is 1. The number of hydrogen-bond acceptors (Lipinski definition) is 4. The Morgan fingerprint density at radius 1 is 1.69 bits per heavy atom. The van der Waals surface area contributed by atoms with E-state index in [0.29, 0.717) is 11.5 Å². The van der Waals surface area contributed by atoms with E-state index in [4.69, 9.17) is 10.8 Å². The quantitative estimate of drug-likeness (QED) is 0.633. The summed E-state index contributed by atoms with van der Waals surface area (Å²) >= 11 is 0. The summed E-state index contributed by atoms with van der Waals surface area (Å²) in [5.41, 5.74) is 6.00. The molecule has 0 radical (unpaired) electrons. The van der Waals surface area contributed by atoms with Crippen molar-refractivity contribution in [1.29, 1.82) is 0 Å². The van der Waals surface area contributed by atoms with Gasteiger partial charge in [0, 0.05) is 0 Å². The Labute approximate surface area is 75.6 Å². The first-order valence-electron chi connectivity index (χ1n) is 3.80. The van der Waals surface area contributed by atoms with Gasteiger partial charge in [0.15, 0.2) is 0 Å². The van der Waals surface area contributed by atoms with Crippen LogP contribution in [-0.4, -0.2) is 22.1 Å². The molecule has 70 valence electrons. The van der Waals surface area contributed by atoms with Crippen LogP contribution in [0.3, 0.4) is 0 Å². The molecule has 5 heteroatoms. The van der Waals surface area contributed by atoms with Gasteiger partial charge in [-0.3, -0.25) is 4.79 Å². The Bertz CT molecular complexity index is 297. The molecule has 1 unspecified atom stereocenters. The van der Waals surface area contributed by atoms with Crippen LogP contribution in [0, 0.1) is 0 Å². The van der Waals surface area contributed by atoms with Crippen molar-refractivity contribution in [3.05, 3.63) is 18.3 Å². The second-order valence-corrected chi connectivity index (χ2v) is 2.68. The van der Waals surface area contributed by atoms with Gasteiger partial charge < -0.3 is 16.2 Å². The minimum atomic E-state index is -0.906. The van der Waals surface area contributed by atoms with Crippen molar-refractivity contribution in [1.82, 2.24) is 4.98 Å². The molecule has 0 aromatic carbocycles. The highest BCUT2D eigenvalue weighted by Gasteiger charge is 2.09. The number of carbonyl (C=O) groups is 1. The Morgan fingerprint density at radius 3 is 2.85 bits per heavy atom. The standard InChI is InChI=1S/C8H11N3O2/c1-5(8(12)13)11-6-2-3-7(9)10-4-6/h2-5,11H,1H3,(H2,9,10)(H,12,13). The zero-order valence-electron chi connectivity index (χ0n) is 7.19. The summed E-state index contributed by atoms with van der Waals surface area (Å²) in [4.78, 5) is 14.3. The van der Waals surface area contributed by atoms with Crippen LogP contribution in [0.15, 0.2) is 18.3 Å². The van der Waals surface area contributed by atoms with Crippen molar-refractivity contribution >= 4 is 17.5 Å². The van der Waals surface area contributed by atoms with Gasteiger partial charge in [-0.15, -0.1) is 0 Å². The fourth-order valence-electron chi connectivity index (χ4n) is 0.802. The average molecular weight is 181 g/mol. The van der Waals surface area contributed by atoms with E-state index >= 15 is 0 Å². The van der Waals surface area contributed by atoms with Crippen LogP contribution in [0.25, 0.3) is 0 Å². The van der Waals surface area contributed by atoms with Crippen molar-refractivity contribution in [2.24, 2.45) is 0 Å². The van der Waals surface area contributed by atoms with Gasteiger partial charge in [-0.1, -0.05) is 0 Å². The maximum absolute atomic E-state index is 10.5. The molecule has 1 atom stereocenters. The lowest BCUT2D eigenvalue weighted by atomic mass is 10.3. The molecule has 1 aromatic heterocycles. The molecule has 0 saturated heterocycles. The van der Waals surface area contributed by atoms with Gasteiger partial charge in [0.2, 0.25) is 0 Å². The minimum Gasteiger partial charge on any atom is -0.480 e. The highest BCUT2D eigenvalue weighted by atomic mass is 16.4. The summed E-state index contributed by atoms with van der Waals surface area (Å²) in [5, 5.41) is 11.3. The average Bonchev–Trinajstić information content (AvgIpc) is 2.08. The number of carboxylic acids is 1. The zero-order valence-corrected chi connectivity index (χ0v) is 7.19. The van der Waals surface area contributed by atoms with Crippen molar-refractivity contribution in [3.8, 4) is 0 Å². The monoisotopic (exact) mass is 181 g/mol. The highest BCUT2D eigenvalue weighted by Crippen LogP contribution is 2.08. The van der Waals surface area contributed by atoms with Crippen molar-refractivity contribution < 1.29 is 9.90 Å². The summed E-state index contributed by atoms with van der Waals surface area (Å²) in [5.74, 6) is -0.495. The molecule has 1 rings (SSSR count). The molecule has 1 heterocycles. The molecule has 4 N–H and O–H groups in total. The first-order valence-corrected chi connectivity index (χ1v) is 3.80. The van der Waals surface area contributed by atoms with E-state index in [1.54, 1.807) is 19.1 Å². The van der Waals surface area contributed by atoms with E-state index in [9.17, 15) is 4.79 Å². The van der Waals surface area contributed by atoms with Crippen LogP contribution in [-0.2, 0) is 4.79 Å². The molecular weight excluding hydrogens is 170 g/mol. The summed E-state index contributed by atoms with van der Waals surface area (Å²) in [6.07, 6.45) is 1.49. The number of nitrogens with zero attached hydrogens (tertiary/aromatic N) is 1. The SMILES string of the molecule is CC(Nc1ccc(N)nc1)C(=O)O. The van der Waals surface area contributed by atoms with E-state index in [-0.39, 0.29) is 0 Å². The van der Waals surface area contributed by atoms with Gasteiger partial charge in [-0.25, -0.2) is 4.98 Å². The van der Waals surface area contributed by atoms with E-state index in [0.717, 1.165) is 0 Å². The summed E-state index contributed by atoms with van der Waals surface area (Å²) in [7, 11) is 0. The van der Waals surface area contributed by atoms with Gasteiger partial charge >= 0.3 is 5.97 Å². The fraction of sp³-hybridized carbons (Fsp3) is 0.250. The van der Waals surface area contributed by atoms with E-state index in [1.165, 1.54) is 6.20 Å². The predicted molar refractivity (Wildman–Crippen MR) is 49.4 cm³/mol. The number of nitrogen functional groups attached to an aromatic ring is 1. The summed E-state index contributed by atoms with van der Waals surface area (Å²) < 4.78 is 0. The molecule has 0 amide bonds. The van der Waals surface area contributed by atoms with Crippen molar-refractivity contribution in [2.45, 2.75) is 13.0 Å². The first kappa shape index (κ1) is 9.31. The number of aliphatic carboxylic acids is 1. The first-order chi connectivity index (χ1) is 6.09. The lowest BCUT2D eigenvalue weighted by molar-refractivity contribution is -0.137. The molecule has 0 fully saturated rings. The largest absolute Gasteiger partial charge is 0.480 e. The van der Waals surface area contributed by atoms with E-state index in [1.807, 2.05) is 0 Å². The lowest BCUT2D eigenvalue weighted by Crippen LogP contribution is -2.25. The van der Waals surface area contributed by atoms with Gasteiger partial charge in [-0.05, 0) is 19.1 Å². The van der Waals surface area contributed by atoms with Gasteiger partial charge in [0.05, 0.1) is 11.9 Å². The van der Waals surface area contributed by atoms with Crippen LogP contribution >= 0.6 is 0 Å². The highest BCUT2D eigenvalue weighted by molar-refractivity contribution is 5.76. The molecule has 5 nitrogen and oxygen atoms in total. The normalized spacial score (nSPS) is 12.1. The maximum Gasteiger partial charge on any atom is 0.325 e. The Balaban J connectivity index is 2.64. The summed E-state index contributed by atoms with van der Waals surface area (Å²) in [6, 6.07) is 2.66. The van der Waals surface area contributed by atoms with Crippen LogP contribution in [0.1, 0.15) is 6.92 Å². The third-order valence-electron chi connectivity index (χ3n) is 1.54. The maximum atomic E-state index is 10.5. The molecule has 13 heavy (non-hydrogen) atoms. The number of pyridine rings is 1. The molecule has 1 aromatic rings. The lowest BCUT2D eigenvalue weighted by Gasteiger charge is -2.09. The number of nitrogens with two attached hydrogens (primary N) is 1. The van der Waals surface area contributed by atoms with Crippen molar-refractivity contribution in [2.75, 3.05) is 11.1 Å². The van der Waals surface area contributed by atoms with Gasteiger partial charge in [0.25, 0.3) is 0 Å². The Morgan fingerprint density at radius 2 is 2.38 bits per heavy atom. The number of aromatic nitrogens is 1. The minimum absolute atomic E-state index is 0.411. The number of hydrogen-bond donors (Lipinski definition) is 3. The number of rotatable bonds is 3. The van der Waals surface area contributed by atoms with Gasteiger partial charge in [-0.2, -0.15) is 0 Å². The summed E-state index contributed by atoms with van der Waals surface area (Å²) in [6.45, 7) is 1.55. The van der Waals surface area contributed by atoms with Crippen LogP contribution in [0.5, 0.6) is 0 Å². The van der Waals surface area contributed by atoms with E-state index < -0.39 is 12.0 Å². The predicted octanol–water partition coefficient (Wildman–Crippen LogP) is 0.549. The second kappa shape index (κ2) is 3.75. The molecular formula is C8H11N3O2. The topological polar surface area (TPSA) is 88.2 Å². The zero-order chi connectivity index (χ0) is 9.84. The molecule has 0 bridgehead atoms. The van der Waals surface area contributed by atoms with Crippen LogP contribution in [0.2, 0.25) is 0 Å². The molecule has 0 spiro atoms. The fourth-order valence-corrected chi connectivity index (χ4v) is 0.802. The Hall–Kier alpha value is -1.78. The van der Waals surface area contributed by atoms with Gasteiger partial charge in [0.1, 0.15) is 11.9 Å². The third-order valence-corrected chi connectivity index (χ3v) is 1.54. The van der Waals surface area contributed by atoms with Crippen molar-refractivity contribution in [3.63, 3.8) is 0 Å². The smallest absolute Gasteiger partial charge is 0.325 e. The molecule has 0 aliphatic heterocycles. The molecule has 0 aliphatic rings. The van der Waals surface area contributed by atoms with E-state index in [2.05, 4.69) is 10.3 Å². The molecule has 0 aliphatic carbocycles.